The first-order chi connectivity index (χ1) is 14.4. The van der Waals surface area contributed by atoms with Crippen molar-refractivity contribution >= 4 is 38.9 Å². The lowest BCUT2D eigenvalue weighted by Crippen LogP contribution is -2.39. The highest BCUT2D eigenvalue weighted by Crippen LogP contribution is 2.26. The first kappa shape index (κ1) is 25.1. The van der Waals surface area contributed by atoms with Gasteiger partial charge < -0.3 is 10.1 Å². The standard InChI is InChI=1S/C21H26N4O3S2.ClH/c1-4-7-16(25-30(26,27)20-12-15(2)9-10-19(20)28-3)13-23-21-24-18(14-29-21)17-8-5-6-11-22-17;/h5-6,8-12,14,16,25H,4,7,13H2,1-3H3,(H,23,24);1H. The summed E-state index contributed by atoms with van der Waals surface area (Å²) in [4.78, 5) is 9.01. The van der Waals surface area contributed by atoms with Crippen molar-refractivity contribution in [3.8, 4) is 17.1 Å². The Morgan fingerprint density at radius 1 is 1.19 bits per heavy atom. The average molecular weight is 483 g/mol. The summed E-state index contributed by atoms with van der Waals surface area (Å²) in [6.45, 7) is 4.30. The van der Waals surface area contributed by atoms with Crippen LogP contribution in [0, 0.1) is 6.92 Å². The van der Waals surface area contributed by atoms with Gasteiger partial charge in [-0.05, 0) is 43.2 Å². The van der Waals surface area contributed by atoms with E-state index in [0.717, 1.165) is 28.5 Å². The summed E-state index contributed by atoms with van der Waals surface area (Å²) < 4.78 is 34.1. The molecule has 1 atom stereocenters. The van der Waals surface area contributed by atoms with Gasteiger partial charge in [-0.2, -0.15) is 0 Å². The molecule has 0 amide bonds. The fourth-order valence-electron chi connectivity index (χ4n) is 3.03. The number of anilines is 1. The summed E-state index contributed by atoms with van der Waals surface area (Å²) in [5.74, 6) is 0.330. The van der Waals surface area contributed by atoms with Gasteiger partial charge in [0.1, 0.15) is 16.3 Å². The van der Waals surface area contributed by atoms with Crippen molar-refractivity contribution in [2.24, 2.45) is 0 Å². The Hall–Kier alpha value is -2.20. The molecule has 0 aliphatic carbocycles. The summed E-state index contributed by atoms with van der Waals surface area (Å²) in [6.07, 6.45) is 3.27. The van der Waals surface area contributed by atoms with Gasteiger partial charge in [-0.1, -0.05) is 25.5 Å². The Balaban J connectivity index is 0.00000341. The minimum absolute atomic E-state index is 0. The molecule has 0 bridgehead atoms. The maximum absolute atomic E-state index is 13.0. The van der Waals surface area contributed by atoms with Gasteiger partial charge in [0, 0.05) is 24.2 Å². The largest absolute Gasteiger partial charge is 0.495 e. The molecule has 3 rings (SSSR count). The van der Waals surface area contributed by atoms with E-state index in [-0.39, 0.29) is 23.3 Å². The summed E-state index contributed by atoms with van der Waals surface area (Å²) in [7, 11) is -2.26. The fourth-order valence-corrected chi connectivity index (χ4v) is 5.26. The first-order valence-corrected chi connectivity index (χ1v) is 12.1. The topological polar surface area (TPSA) is 93.2 Å². The number of aromatic nitrogens is 2. The number of nitrogens with zero attached hydrogens (tertiary/aromatic N) is 2. The maximum Gasteiger partial charge on any atom is 0.244 e. The Morgan fingerprint density at radius 3 is 2.68 bits per heavy atom. The van der Waals surface area contributed by atoms with Gasteiger partial charge in [-0.15, -0.1) is 23.7 Å². The molecule has 168 valence electrons. The average Bonchev–Trinajstić information content (AvgIpc) is 3.22. The van der Waals surface area contributed by atoms with Gasteiger partial charge >= 0.3 is 0 Å². The number of hydrogen-bond acceptors (Lipinski definition) is 7. The van der Waals surface area contributed by atoms with Gasteiger partial charge in [-0.3, -0.25) is 4.98 Å². The second kappa shape index (κ2) is 11.4. The molecule has 0 fully saturated rings. The zero-order valence-electron chi connectivity index (χ0n) is 17.7. The number of aryl methyl sites for hydroxylation is 1. The van der Waals surface area contributed by atoms with Crippen LogP contribution in [0.15, 0.2) is 52.9 Å². The van der Waals surface area contributed by atoms with Crippen LogP contribution in [0.2, 0.25) is 0 Å². The van der Waals surface area contributed by atoms with Crippen LogP contribution in [0.4, 0.5) is 5.13 Å². The van der Waals surface area contributed by atoms with Gasteiger partial charge in [0.05, 0.1) is 12.8 Å². The number of benzene rings is 1. The SMILES string of the molecule is CCCC(CNc1nc(-c2ccccn2)cs1)NS(=O)(=O)c1cc(C)ccc1OC.Cl. The lowest BCUT2D eigenvalue weighted by Gasteiger charge is -2.19. The van der Waals surface area contributed by atoms with E-state index in [9.17, 15) is 8.42 Å². The van der Waals surface area contributed by atoms with Crippen molar-refractivity contribution in [1.29, 1.82) is 0 Å². The minimum atomic E-state index is -3.73. The summed E-state index contributed by atoms with van der Waals surface area (Å²) >= 11 is 1.47. The lowest BCUT2D eigenvalue weighted by molar-refractivity contribution is 0.401. The number of methoxy groups -OCH3 is 1. The number of nitrogens with one attached hydrogen (secondary N) is 2. The van der Waals surface area contributed by atoms with Crippen LogP contribution in [0.3, 0.4) is 0 Å². The number of halogens is 1. The van der Waals surface area contributed by atoms with Crippen LogP contribution in [0.25, 0.3) is 11.4 Å². The highest BCUT2D eigenvalue weighted by molar-refractivity contribution is 7.89. The van der Waals surface area contributed by atoms with Crippen molar-refractivity contribution in [2.45, 2.75) is 37.6 Å². The molecule has 0 aliphatic heterocycles. The Bertz CT molecular complexity index is 1080. The summed E-state index contributed by atoms with van der Waals surface area (Å²) in [5.41, 5.74) is 2.45. The lowest BCUT2D eigenvalue weighted by atomic mass is 10.2. The molecule has 2 heterocycles. The van der Waals surface area contributed by atoms with Gasteiger partial charge in [-0.25, -0.2) is 18.1 Å². The van der Waals surface area contributed by atoms with Gasteiger partial charge in [0.2, 0.25) is 10.0 Å². The minimum Gasteiger partial charge on any atom is -0.495 e. The molecule has 1 unspecified atom stereocenters. The number of rotatable bonds is 10. The van der Waals surface area contributed by atoms with E-state index < -0.39 is 10.0 Å². The van der Waals surface area contributed by atoms with Crippen molar-refractivity contribution in [2.75, 3.05) is 19.0 Å². The second-order valence-corrected chi connectivity index (χ2v) is 9.44. The predicted molar refractivity (Wildman–Crippen MR) is 128 cm³/mol. The van der Waals surface area contributed by atoms with Crippen LogP contribution < -0.4 is 14.8 Å². The molecule has 2 aromatic heterocycles. The molecule has 10 heteroatoms. The van der Waals surface area contributed by atoms with Crippen LogP contribution in [0.5, 0.6) is 5.75 Å². The molecule has 0 spiro atoms. The van der Waals surface area contributed by atoms with Crippen molar-refractivity contribution in [3.05, 3.63) is 53.5 Å². The number of hydrogen-bond donors (Lipinski definition) is 2. The molecule has 31 heavy (non-hydrogen) atoms. The maximum atomic E-state index is 13.0. The molecule has 0 radical (unpaired) electrons. The van der Waals surface area contributed by atoms with E-state index in [1.165, 1.54) is 18.4 Å². The third-order valence-corrected chi connectivity index (χ3v) is 6.84. The number of pyridine rings is 1. The predicted octanol–water partition coefficient (Wildman–Crippen LogP) is 4.50. The number of ether oxygens (including phenoxy) is 1. The van der Waals surface area contributed by atoms with Crippen molar-refractivity contribution < 1.29 is 13.2 Å². The summed E-state index contributed by atoms with van der Waals surface area (Å²) in [6, 6.07) is 10.5. The number of sulfonamides is 1. The smallest absolute Gasteiger partial charge is 0.244 e. The third-order valence-electron chi connectivity index (χ3n) is 4.50. The summed E-state index contributed by atoms with van der Waals surface area (Å²) in [5, 5.41) is 5.91. The highest BCUT2D eigenvalue weighted by Gasteiger charge is 2.23. The van der Waals surface area contributed by atoms with Gasteiger partial charge in [0.25, 0.3) is 0 Å². The third kappa shape index (κ3) is 6.64. The Kier molecular flexibility index (Phi) is 9.24. The molecule has 2 N–H and O–H groups in total. The highest BCUT2D eigenvalue weighted by atomic mass is 35.5. The van der Waals surface area contributed by atoms with E-state index in [2.05, 4.69) is 20.0 Å². The first-order valence-electron chi connectivity index (χ1n) is 9.70. The van der Waals surface area contributed by atoms with Crippen LogP contribution >= 0.6 is 23.7 Å². The quantitative estimate of drug-likeness (QED) is 0.441. The zero-order valence-corrected chi connectivity index (χ0v) is 20.1. The second-order valence-electron chi connectivity index (χ2n) is 6.89. The molecular formula is C21H27ClN4O3S2. The fraction of sp³-hybridized carbons (Fsp3) is 0.333. The van der Waals surface area contributed by atoms with Crippen LogP contribution in [0.1, 0.15) is 25.3 Å². The Morgan fingerprint density at radius 2 is 2.00 bits per heavy atom. The van der Waals surface area contributed by atoms with Crippen LogP contribution in [-0.2, 0) is 10.0 Å². The molecule has 0 saturated heterocycles. The van der Waals surface area contributed by atoms with E-state index in [1.54, 1.807) is 18.3 Å². The monoisotopic (exact) mass is 482 g/mol. The van der Waals surface area contributed by atoms with Crippen molar-refractivity contribution in [1.82, 2.24) is 14.7 Å². The van der Waals surface area contributed by atoms with E-state index in [0.29, 0.717) is 18.7 Å². The van der Waals surface area contributed by atoms with Crippen LogP contribution in [-0.4, -0.2) is 38.1 Å². The zero-order chi connectivity index (χ0) is 21.6. The molecule has 0 saturated carbocycles. The molecule has 7 nitrogen and oxygen atoms in total. The van der Waals surface area contributed by atoms with E-state index in [1.807, 2.05) is 43.5 Å². The normalized spacial score (nSPS) is 12.1. The Labute approximate surface area is 193 Å². The molecule has 0 aliphatic rings. The molecule has 3 aromatic rings. The van der Waals surface area contributed by atoms with E-state index in [4.69, 9.17) is 4.74 Å². The number of thiazole rings is 1. The van der Waals surface area contributed by atoms with Crippen molar-refractivity contribution in [3.63, 3.8) is 0 Å². The molecular weight excluding hydrogens is 456 g/mol. The van der Waals surface area contributed by atoms with Gasteiger partial charge in [0.15, 0.2) is 5.13 Å². The molecule has 1 aromatic carbocycles. The van der Waals surface area contributed by atoms with E-state index >= 15 is 0 Å².